The lowest BCUT2D eigenvalue weighted by Crippen LogP contribution is -2.59. The summed E-state index contributed by atoms with van der Waals surface area (Å²) in [6.07, 6.45) is 2.31. The van der Waals surface area contributed by atoms with Crippen LogP contribution in [-0.2, 0) is 11.2 Å². The minimum atomic E-state index is -0.590. The molecular formula is C18H28N2O3. The van der Waals surface area contributed by atoms with Crippen molar-refractivity contribution in [3.8, 4) is 0 Å². The number of carbonyl (C=O) groups is 1. The first-order valence-electron chi connectivity index (χ1n) is 8.50. The molecule has 0 aromatic heterocycles. The Hall–Kier alpha value is -1.43. The Morgan fingerprint density at radius 1 is 1.35 bits per heavy atom. The van der Waals surface area contributed by atoms with Crippen LogP contribution in [0.15, 0.2) is 30.3 Å². The van der Waals surface area contributed by atoms with E-state index in [0.29, 0.717) is 19.4 Å². The standard InChI is InChI=1S/C18H28N2O3/c1-2-18(23)19-16-12-20(15(13-21)11-17(16)22)10-6-9-14-7-4-3-5-8-14/h3-5,7-8,15-17,21-22H,2,6,9-13H2,1H3,(H,19,23). The van der Waals surface area contributed by atoms with Crippen LogP contribution in [0, 0.1) is 0 Å². The lowest BCUT2D eigenvalue weighted by Gasteiger charge is -2.42. The Kier molecular flexibility index (Phi) is 7.02. The van der Waals surface area contributed by atoms with Crippen molar-refractivity contribution in [2.75, 3.05) is 19.7 Å². The molecule has 1 aliphatic heterocycles. The molecule has 5 heteroatoms. The highest BCUT2D eigenvalue weighted by Gasteiger charge is 2.34. The van der Waals surface area contributed by atoms with Gasteiger partial charge in [-0.05, 0) is 31.4 Å². The fourth-order valence-corrected chi connectivity index (χ4v) is 3.16. The Balaban J connectivity index is 1.87. The number of benzene rings is 1. The molecule has 1 saturated heterocycles. The maximum absolute atomic E-state index is 11.6. The molecule has 1 aromatic carbocycles. The molecule has 3 N–H and O–H groups in total. The summed E-state index contributed by atoms with van der Waals surface area (Å²) < 4.78 is 0. The van der Waals surface area contributed by atoms with E-state index < -0.39 is 6.10 Å². The van der Waals surface area contributed by atoms with Crippen molar-refractivity contribution in [3.05, 3.63) is 35.9 Å². The molecule has 0 aliphatic carbocycles. The number of carbonyl (C=O) groups excluding carboxylic acids is 1. The second kappa shape index (κ2) is 9.01. The van der Waals surface area contributed by atoms with Crippen LogP contribution >= 0.6 is 0 Å². The number of hydrogen-bond acceptors (Lipinski definition) is 4. The predicted octanol–water partition coefficient (Wildman–Crippen LogP) is 0.941. The summed E-state index contributed by atoms with van der Waals surface area (Å²) in [4.78, 5) is 13.8. The van der Waals surface area contributed by atoms with Gasteiger partial charge in [0.25, 0.3) is 0 Å². The largest absolute Gasteiger partial charge is 0.395 e. The average molecular weight is 320 g/mol. The molecule has 5 nitrogen and oxygen atoms in total. The number of nitrogens with zero attached hydrogens (tertiary/aromatic N) is 1. The minimum Gasteiger partial charge on any atom is -0.395 e. The summed E-state index contributed by atoms with van der Waals surface area (Å²) in [7, 11) is 0. The third-order valence-corrected chi connectivity index (χ3v) is 4.56. The second-order valence-electron chi connectivity index (χ2n) is 6.25. The smallest absolute Gasteiger partial charge is 0.220 e. The molecule has 0 radical (unpaired) electrons. The van der Waals surface area contributed by atoms with Gasteiger partial charge in [0.2, 0.25) is 5.91 Å². The summed E-state index contributed by atoms with van der Waals surface area (Å²) in [5.41, 5.74) is 1.31. The molecular weight excluding hydrogens is 292 g/mol. The highest BCUT2D eigenvalue weighted by molar-refractivity contribution is 5.75. The van der Waals surface area contributed by atoms with Gasteiger partial charge in [0.1, 0.15) is 0 Å². The monoisotopic (exact) mass is 320 g/mol. The van der Waals surface area contributed by atoms with Crippen molar-refractivity contribution in [2.24, 2.45) is 0 Å². The summed E-state index contributed by atoms with van der Waals surface area (Å²) in [6, 6.07) is 10.1. The van der Waals surface area contributed by atoms with E-state index in [1.54, 1.807) is 6.92 Å². The first-order chi connectivity index (χ1) is 11.1. The van der Waals surface area contributed by atoms with E-state index in [2.05, 4.69) is 22.3 Å². The zero-order valence-corrected chi connectivity index (χ0v) is 13.8. The van der Waals surface area contributed by atoms with Gasteiger partial charge in [-0.25, -0.2) is 0 Å². The fourth-order valence-electron chi connectivity index (χ4n) is 3.16. The van der Waals surface area contributed by atoms with Crippen molar-refractivity contribution < 1.29 is 15.0 Å². The molecule has 1 heterocycles. The highest BCUT2D eigenvalue weighted by atomic mass is 16.3. The SMILES string of the molecule is CCC(=O)NC1CN(CCCc2ccccc2)C(CO)CC1O. The molecule has 1 fully saturated rings. The average Bonchev–Trinajstić information content (AvgIpc) is 2.58. The van der Waals surface area contributed by atoms with Gasteiger partial charge in [0.15, 0.2) is 0 Å². The van der Waals surface area contributed by atoms with Gasteiger partial charge in [0.05, 0.1) is 18.8 Å². The first-order valence-corrected chi connectivity index (χ1v) is 8.50. The van der Waals surface area contributed by atoms with Crippen LogP contribution in [0.2, 0.25) is 0 Å². The van der Waals surface area contributed by atoms with Crippen LogP contribution in [0.3, 0.4) is 0 Å². The number of aryl methyl sites for hydroxylation is 1. The number of aliphatic hydroxyl groups excluding tert-OH is 2. The lowest BCUT2D eigenvalue weighted by atomic mass is 9.95. The number of piperidine rings is 1. The number of likely N-dealkylation sites (tertiary alicyclic amines) is 1. The van der Waals surface area contributed by atoms with E-state index in [9.17, 15) is 15.0 Å². The molecule has 1 aromatic rings. The Labute approximate surface area is 138 Å². The lowest BCUT2D eigenvalue weighted by molar-refractivity contribution is -0.123. The zero-order chi connectivity index (χ0) is 16.7. The molecule has 0 saturated carbocycles. The van der Waals surface area contributed by atoms with Crippen molar-refractivity contribution in [1.29, 1.82) is 0 Å². The number of hydrogen-bond donors (Lipinski definition) is 3. The van der Waals surface area contributed by atoms with E-state index in [4.69, 9.17) is 0 Å². The highest BCUT2D eigenvalue weighted by Crippen LogP contribution is 2.19. The van der Waals surface area contributed by atoms with Crippen LogP contribution in [0.4, 0.5) is 0 Å². The van der Waals surface area contributed by atoms with Gasteiger partial charge < -0.3 is 15.5 Å². The fraction of sp³-hybridized carbons (Fsp3) is 0.611. The van der Waals surface area contributed by atoms with Crippen molar-refractivity contribution in [2.45, 2.75) is 50.8 Å². The van der Waals surface area contributed by atoms with E-state index >= 15 is 0 Å². The number of nitrogens with one attached hydrogen (secondary N) is 1. The Morgan fingerprint density at radius 2 is 2.09 bits per heavy atom. The van der Waals surface area contributed by atoms with E-state index in [1.165, 1.54) is 5.56 Å². The van der Waals surface area contributed by atoms with Crippen LogP contribution < -0.4 is 5.32 Å². The van der Waals surface area contributed by atoms with Gasteiger partial charge >= 0.3 is 0 Å². The molecule has 1 aliphatic rings. The second-order valence-corrected chi connectivity index (χ2v) is 6.25. The number of rotatable bonds is 7. The molecule has 0 bridgehead atoms. The molecule has 23 heavy (non-hydrogen) atoms. The molecule has 1 amide bonds. The van der Waals surface area contributed by atoms with Crippen LogP contribution in [0.25, 0.3) is 0 Å². The summed E-state index contributed by atoms with van der Waals surface area (Å²) >= 11 is 0. The molecule has 3 unspecified atom stereocenters. The number of aliphatic hydroxyl groups is 2. The number of amides is 1. The van der Waals surface area contributed by atoms with Crippen LogP contribution in [0.1, 0.15) is 31.7 Å². The van der Waals surface area contributed by atoms with Crippen LogP contribution in [0.5, 0.6) is 0 Å². The van der Waals surface area contributed by atoms with Gasteiger partial charge in [-0.15, -0.1) is 0 Å². The normalized spacial score (nSPS) is 25.3. The van der Waals surface area contributed by atoms with Gasteiger partial charge in [-0.3, -0.25) is 9.69 Å². The van der Waals surface area contributed by atoms with E-state index in [-0.39, 0.29) is 24.6 Å². The summed E-state index contributed by atoms with van der Waals surface area (Å²) in [5.74, 6) is -0.0410. The first kappa shape index (κ1) is 17.9. The topological polar surface area (TPSA) is 72.8 Å². The third kappa shape index (κ3) is 5.30. The maximum atomic E-state index is 11.6. The van der Waals surface area contributed by atoms with E-state index in [0.717, 1.165) is 19.4 Å². The quantitative estimate of drug-likeness (QED) is 0.699. The predicted molar refractivity (Wildman–Crippen MR) is 90.1 cm³/mol. The molecule has 3 atom stereocenters. The Morgan fingerprint density at radius 3 is 2.74 bits per heavy atom. The summed E-state index contributed by atoms with van der Waals surface area (Å²) in [6.45, 7) is 3.29. The summed E-state index contributed by atoms with van der Waals surface area (Å²) in [5, 5.41) is 22.6. The van der Waals surface area contributed by atoms with Gasteiger partial charge in [-0.1, -0.05) is 37.3 Å². The Bertz CT molecular complexity index is 480. The van der Waals surface area contributed by atoms with Crippen molar-refractivity contribution >= 4 is 5.91 Å². The van der Waals surface area contributed by atoms with Crippen molar-refractivity contribution in [1.82, 2.24) is 10.2 Å². The molecule has 2 rings (SSSR count). The minimum absolute atomic E-state index is 0.0319. The maximum Gasteiger partial charge on any atom is 0.220 e. The molecule has 0 spiro atoms. The molecule has 128 valence electrons. The zero-order valence-electron chi connectivity index (χ0n) is 13.8. The third-order valence-electron chi connectivity index (χ3n) is 4.56. The van der Waals surface area contributed by atoms with E-state index in [1.807, 2.05) is 18.2 Å². The van der Waals surface area contributed by atoms with Crippen LogP contribution in [-0.4, -0.2) is 58.9 Å². The van der Waals surface area contributed by atoms with Gasteiger partial charge in [0, 0.05) is 19.0 Å². The van der Waals surface area contributed by atoms with Crippen molar-refractivity contribution in [3.63, 3.8) is 0 Å². The van der Waals surface area contributed by atoms with Gasteiger partial charge in [-0.2, -0.15) is 0 Å².